The minimum absolute atomic E-state index is 0.100. The van der Waals surface area contributed by atoms with E-state index in [9.17, 15) is 4.79 Å². The van der Waals surface area contributed by atoms with Gasteiger partial charge in [0.15, 0.2) is 11.5 Å². The lowest BCUT2D eigenvalue weighted by atomic mass is 10.1. The SMILES string of the molecule is COc1ccc(/C=N/OC(C)C(=O)N2c3ccccc3CC2C)cc1OC. The Bertz CT molecular complexity index is 850. The summed E-state index contributed by atoms with van der Waals surface area (Å²) in [6, 6.07) is 13.5. The number of anilines is 1. The van der Waals surface area contributed by atoms with Crippen LogP contribution in [0, 0.1) is 0 Å². The van der Waals surface area contributed by atoms with Crippen molar-refractivity contribution in [1.82, 2.24) is 0 Å². The Kier molecular flexibility index (Phi) is 5.64. The Morgan fingerprint density at radius 2 is 1.93 bits per heavy atom. The summed E-state index contributed by atoms with van der Waals surface area (Å²) in [6.45, 7) is 3.75. The average Bonchev–Trinajstić information content (AvgIpc) is 3.02. The zero-order valence-corrected chi connectivity index (χ0v) is 16.0. The predicted molar refractivity (Wildman–Crippen MR) is 105 cm³/mol. The number of carbonyl (C=O) groups excluding carboxylic acids is 1. The lowest BCUT2D eigenvalue weighted by Crippen LogP contribution is -2.42. The molecule has 0 aliphatic carbocycles. The van der Waals surface area contributed by atoms with E-state index in [0.29, 0.717) is 11.5 Å². The maximum Gasteiger partial charge on any atom is 0.270 e. The van der Waals surface area contributed by atoms with Gasteiger partial charge in [-0.05, 0) is 50.1 Å². The van der Waals surface area contributed by atoms with Gasteiger partial charge in [0.2, 0.25) is 6.10 Å². The van der Waals surface area contributed by atoms with E-state index in [-0.39, 0.29) is 11.9 Å². The van der Waals surface area contributed by atoms with Crippen molar-refractivity contribution in [3.8, 4) is 11.5 Å². The second kappa shape index (κ2) is 8.12. The van der Waals surface area contributed by atoms with Crippen molar-refractivity contribution in [1.29, 1.82) is 0 Å². The quantitative estimate of drug-likeness (QED) is 0.579. The minimum Gasteiger partial charge on any atom is -0.493 e. The Morgan fingerprint density at radius 1 is 1.19 bits per heavy atom. The Morgan fingerprint density at radius 3 is 2.67 bits per heavy atom. The van der Waals surface area contributed by atoms with Gasteiger partial charge in [-0.3, -0.25) is 4.79 Å². The maximum absolute atomic E-state index is 12.8. The highest BCUT2D eigenvalue weighted by Crippen LogP contribution is 2.32. The first-order chi connectivity index (χ1) is 13.0. The number of fused-ring (bicyclic) bond motifs is 1. The van der Waals surface area contributed by atoms with Crippen molar-refractivity contribution < 1.29 is 19.1 Å². The van der Waals surface area contributed by atoms with Crippen molar-refractivity contribution in [2.24, 2.45) is 5.16 Å². The first-order valence-corrected chi connectivity index (χ1v) is 8.87. The lowest BCUT2D eigenvalue weighted by molar-refractivity contribution is -0.129. The molecule has 2 atom stereocenters. The zero-order chi connectivity index (χ0) is 19.4. The molecule has 0 saturated heterocycles. The molecule has 1 heterocycles. The number of rotatable bonds is 6. The van der Waals surface area contributed by atoms with Crippen molar-refractivity contribution in [3.05, 3.63) is 53.6 Å². The summed E-state index contributed by atoms with van der Waals surface area (Å²) < 4.78 is 10.5. The summed E-state index contributed by atoms with van der Waals surface area (Å²) in [4.78, 5) is 20.1. The van der Waals surface area contributed by atoms with E-state index >= 15 is 0 Å². The average molecular weight is 368 g/mol. The molecule has 142 valence electrons. The molecule has 1 amide bonds. The second-order valence-electron chi connectivity index (χ2n) is 6.49. The molecule has 6 nitrogen and oxygen atoms in total. The van der Waals surface area contributed by atoms with Crippen LogP contribution in [0.2, 0.25) is 0 Å². The third-order valence-electron chi connectivity index (χ3n) is 4.62. The molecule has 27 heavy (non-hydrogen) atoms. The molecule has 0 fully saturated rings. The van der Waals surface area contributed by atoms with E-state index in [1.807, 2.05) is 31.2 Å². The van der Waals surface area contributed by atoms with E-state index in [0.717, 1.165) is 17.7 Å². The molecule has 0 radical (unpaired) electrons. The number of hydrogen-bond donors (Lipinski definition) is 0. The third kappa shape index (κ3) is 3.89. The standard InChI is InChI=1S/C21H24N2O4/c1-14-11-17-7-5-6-8-18(17)23(14)21(24)15(2)27-22-13-16-9-10-19(25-3)20(12-16)26-4/h5-10,12-15H,11H2,1-4H3/b22-13+. The van der Waals surface area contributed by atoms with Crippen LogP contribution in [0.15, 0.2) is 47.6 Å². The molecule has 2 aromatic rings. The maximum atomic E-state index is 12.8. The normalized spacial score (nSPS) is 16.9. The van der Waals surface area contributed by atoms with Crippen molar-refractivity contribution in [3.63, 3.8) is 0 Å². The van der Waals surface area contributed by atoms with Gasteiger partial charge in [-0.1, -0.05) is 23.4 Å². The highest BCUT2D eigenvalue weighted by atomic mass is 16.6. The predicted octanol–water partition coefficient (Wildman–Crippen LogP) is 3.42. The fraction of sp³-hybridized carbons (Fsp3) is 0.333. The van der Waals surface area contributed by atoms with Gasteiger partial charge in [-0.2, -0.15) is 0 Å². The van der Waals surface area contributed by atoms with E-state index in [1.165, 1.54) is 5.56 Å². The van der Waals surface area contributed by atoms with Gasteiger partial charge in [0.1, 0.15) is 0 Å². The van der Waals surface area contributed by atoms with Crippen LogP contribution in [-0.4, -0.2) is 38.5 Å². The van der Waals surface area contributed by atoms with Crippen molar-refractivity contribution in [2.75, 3.05) is 19.1 Å². The Labute approximate surface area is 159 Å². The van der Waals surface area contributed by atoms with Crippen LogP contribution in [0.4, 0.5) is 5.69 Å². The third-order valence-corrected chi connectivity index (χ3v) is 4.62. The minimum atomic E-state index is -0.685. The van der Waals surface area contributed by atoms with Gasteiger partial charge < -0.3 is 19.2 Å². The molecular weight excluding hydrogens is 344 g/mol. The fourth-order valence-electron chi connectivity index (χ4n) is 3.26. The molecule has 0 bridgehead atoms. The summed E-state index contributed by atoms with van der Waals surface area (Å²) in [6.07, 6.45) is 1.71. The largest absolute Gasteiger partial charge is 0.493 e. The second-order valence-corrected chi connectivity index (χ2v) is 6.49. The number of ether oxygens (including phenoxy) is 2. The highest BCUT2D eigenvalue weighted by molar-refractivity contribution is 5.98. The molecular formula is C21H24N2O4. The fourth-order valence-corrected chi connectivity index (χ4v) is 3.26. The summed E-state index contributed by atoms with van der Waals surface area (Å²) in [7, 11) is 3.16. The number of para-hydroxylation sites is 1. The molecule has 0 saturated carbocycles. The summed E-state index contributed by atoms with van der Waals surface area (Å²) >= 11 is 0. The van der Waals surface area contributed by atoms with E-state index in [2.05, 4.69) is 11.2 Å². The molecule has 0 N–H and O–H groups in total. The van der Waals surface area contributed by atoms with Crippen LogP contribution >= 0.6 is 0 Å². The van der Waals surface area contributed by atoms with Gasteiger partial charge in [0, 0.05) is 17.3 Å². The molecule has 3 rings (SSSR count). The lowest BCUT2D eigenvalue weighted by Gasteiger charge is -2.24. The van der Waals surface area contributed by atoms with Gasteiger partial charge in [0.25, 0.3) is 5.91 Å². The van der Waals surface area contributed by atoms with Crippen LogP contribution in [-0.2, 0) is 16.1 Å². The number of methoxy groups -OCH3 is 2. The number of amides is 1. The summed E-state index contributed by atoms with van der Waals surface area (Å²) in [5.41, 5.74) is 2.92. The molecule has 6 heteroatoms. The van der Waals surface area contributed by atoms with Crippen LogP contribution in [0.5, 0.6) is 11.5 Å². The van der Waals surface area contributed by atoms with Crippen molar-refractivity contribution in [2.45, 2.75) is 32.4 Å². The van der Waals surface area contributed by atoms with Crippen LogP contribution in [0.25, 0.3) is 0 Å². The van der Waals surface area contributed by atoms with Gasteiger partial charge in [-0.15, -0.1) is 0 Å². The number of hydrogen-bond acceptors (Lipinski definition) is 5. The Hall–Kier alpha value is -3.02. The van der Waals surface area contributed by atoms with Gasteiger partial charge >= 0.3 is 0 Å². The number of nitrogens with zero attached hydrogens (tertiary/aromatic N) is 2. The summed E-state index contributed by atoms with van der Waals surface area (Å²) in [5, 5.41) is 3.98. The van der Waals surface area contributed by atoms with Crippen molar-refractivity contribution >= 4 is 17.8 Å². The van der Waals surface area contributed by atoms with Crippen LogP contribution in [0.3, 0.4) is 0 Å². The zero-order valence-electron chi connectivity index (χ0n) is 16.0. The van der Waals surface area contributed by atoms with Crippen LogP contribution < -0.4 is 14.4 Å². The highest BCUT2D eigenvalue weighted by Gasteiger charge is 2.33. The molecule has 2 aromatic carbocycles. The van der Waals surface area contributed by atoms with E-state index < -0.39 is 6.10 Å². The monoisotopic (exact) mass is 368 g/mol. The molecule has 1 aliphatic rings. The molecule has 0 aromatic heterocycles. The van der Waals surface area contributed by atoms with E-state index in [4.69, 9.17) is 14.3 Å². The summed E-state index contributed by atoms with van der Waals surface area (Å²) in [5.74, 6) is 1.14. The van der Waals surface area contributed by atoms with Gasteiger partial charge in [0.05, 0.1) is 20.4 Å². The Balaban J connectivity index is 1.66. The molecule has 2 unspecified atom stereocenters. The number of benzene rings is 2. The van der Waals surface area contributed by atoms with E-state index in [1.54, 1.807) is 44.4 Å². The number of carbonyl (C=O) groups is 1. The number of oxime groups is 1. The molecule has 0 spiro atoms. The molecule has 1 aliphatic heterocycles. The smallest absolute Gasteiger partial charge is 0.270 e. The first kappa shape index (κ1) is 18.8. The van der Waals surface area contributed by atoms with Gasteiger partial charge in [-0.25, -0.2) is 0 Å². The topological polar surface area (TPSA) is 60.4 Å². The van der Waals surface area contributed by atoms with Crippen LogP contribution in [0.1, 0.15) is 25.0 Å². The first-order valence-electron chi connectivity index (χ1n) is 8.87.